The van der Waals surface area contributed by atoms with Crippen molar-refractivity contribution in [3.8, 4) is 11.3 Å². The number of benzene rings is 1. The fourth-order valence-electron chi connectivity index (χ4n) is 2.93. The van der Waals surface area contributed by atoms with Crippen LogP contribution in [0.1, 0.15) is 18.5 Å². The second kappa shape index (κ2) is 7.26. The van der Waals surface area contributed by atoms with Gasteiger partial charge in [-0.15, -0.1) is 0 Å². The quantitative estimate of drug-likeness (QED) is 0.498. The first-order chi connectivity index (χ1) is 12.6. The number of thioether (sulfide) groups is 1. The molecule has 3 atom stereocenters. The third-order valence-corrected chi connectivity index (χ3v) is 5.38. The molecule has 0 saturated carbocycles. The highest BCUT2D eigenvalue weighted by Gasteiger charge is 2.43. The van der Waals surface area contributed by atoms with E-state index in [4.69, 9.17) is 14.7 Å². The Morgan fingerprint density at radius 2 is 2.04 bits per heavy atom. The number of rotatable bonds is 4. The third kappa shape index (κ3) is 3.42. The van der Waals surface area contributed by atoms with Crippen molar-refractivity contribution in [1.82, 2.24) is 9.97 Å². The van der Waals surface area contributed by atoms with E-state index < -0.39 is 12.7 Å². The van der Waals surface area contributed by atoms with Gasteiger partial charge in [-0.05, 0) is 6.07 Å². The highest BCUT2D eigenvalue weighted by molar-refractivity contribution is 7.99. The highest BCUT2D eigenvalue weighted by Crippen LogP contribution is 2.37. The molecule has 4 rings (SSSR count). The number of hydrogen-bond acceptors (Lipinski definition) is 7. The summed E-state index contributed by atoms with van der Waals surface area (Å²) in [5, 5.41) is 12.4. The zero-order valence-electron chi connectivity index (χ0n) is 13.5. The van der Waals surface area contributed by atoms with Gasteiger partial charge in [0.2, 0.25) is 6.29 Å². The Labute approximate surface area is 152 Å². The molecule has 3 heterocycles. The molecule has 9 heteroatoms. The molecule has 136 valence electrons. The minimum absolute atomic E-state index is 0.184. The Morgan fingerprint density at radius 1 is 1.23 bits per heavy atom. The van der Waals surface area contributed by atoms with E-state index in [2.05, 4.69) is 15.1 Å². The van der Waals surface area contributed by atoms with Gasteiger partial charge < -0.3 is 14.7 Å². The van der Waals surface area contributed by atoms with Gasteiger partial charge >= 0.3 is 0 Å². The van der Waals surface area contributed by atoms with Crippen LogP contribution in [0, 0.1) is 0 Å². The molecule has 2 aliphatic rings. The molecule has 1 aromatic heterocycles. The molecule has 0 spiro atoms. The van der Waals surface area contributed by atoms with Crippen LogP contribution in [0.15, 0.2) is 46.7 Å². The fourth-order valence-corrected chi connectivity index (χ4v) is 4.06. The van der Waals surface area contributed by atoms with Gasteiger partial charge in [0.15, 0.2) is 5.16 Å². The van der Waals surface area contributed by atoms with Gasteiger partial charge in [0.1, 0.15) is 11.4 Å². The summed E-state index contributed by atoms with van der Waals surface area (Å²) >= 11 is 1.23. The van der Waals surface area contributed by atoms with E-state index in [-0.39, 0.29) is 22.2 Å². The molecule has 3 unspecified atom stereocenters. The van der Waals surface area contributed by atoms with E-state index >= 15 is 0 Å². The molecule has 2 fully saturated rings. The maximum atomic E-state index is 13.3. The van der Waals surface area contributed by atoms with Gasteiger partial charge in [0.25, 0.3) is 6.43 Å². The molecule has 6 nitrogen and oxygen atoms in total. The van der Waals surface area contributed by atoms with Crippen LogP contribution in [0.2, 0.25) is 0 Å². The van der Waals surface area contributed by atoms with Crippen molar-refractivity contribution in [2.45, 2.75) is 35.6 Å². The Morgan fingerprint density at radius 3 is 2.77 bits per heavy atom. The number of nitrogens with zero attached hydrogens (tertiary/aromatic N) is 3. The molecule has 0 amide bonds. The Kier molecular flexibility index (Phi) is 4.84. The van der Waals surface area contributed by atoms with Crippen molar-refractivity contribution in [2.24, 2.45) is 5.16 Å². The van der Waals surface area contributed by atoms with Crippen LogP contribution >= 0.6 is 11.8 Å². The number of fused-ring (bicyclic) bond motifs is 2. The largest absolute Gasteiger partial charge is 0.411 e. The Hall–Kier alpha value is -2.10. The first kappa shape index (κ1) is 17.3. The number of halogens is 2. The maximum absolute atomic E-state index is 13.3. The first-order valence-electron chi connectivity index (χ1n) is 8.01. The summed E-state index contributed by atoms with van der Waals surface area (Å²) in [6, 6.07) is 10.4. The summed E-state index contributed by atoms with van der Waals surface area (Å²) in [4.78, 5) is 8.42. The molecule has 1 aromatic carbocycles. The van der Waals surface area contributed by atoms with Gasteiger partial charge in [0, 0.05) is 17.2 Å². The molecule has 0 radical (unpaired) electrons. The van der Waals surface area contributed by atoms with Crippen LogP contribution in [0.3, 0.4) is 0 Å². The Bertz CT molecular complexity index is 822. The molecule has 1 N–H and O–H groups in total. The van der Waals surface area contributed by atoms with E-state index in [1.54, 1.807) is 0 Å². The van der Waals surface area contributed by atoms with Crippen LogP contribution in [0.4, 0.5) is 8.78 Å². The zero-order chi connectivity index (χ0) is 18.1. The monoisotopic (exact) mass is 379 g/mol. The molecular formula is C17H15F2N3O3S. The molecule has 2 aromatic rings. The number of alkyl halides is 2. The maximum Gasteiger partial charge on any atom is 0.280 e. The standard InChI is InChI=1S/C17H15F2N3O3S/c18-15(19)11-6-10(9-4-2-1-3-5-9)20-17(21-11)26-14-7-12(22-23)16-24-8-13(14)25-16/h1-6,13-16,23H,7-8H2/b22-12+. The van der Waals surface area contributed by atoms with Gasteiger partial charge in [-0.2, -0.15) is 0 Å². The van der Waals surface area contributed by atoms with E-state index in [1.807, 2.05) is 30.3 Å². The van der Waals surface area contributed by atoms with Crippen molar-refractivity contribution in [3.63, 3.8) is 0 Å². The summed E-state index contributed by atoms with van der Waals surface area (Å²) in [7, 11) is 0. The molecule has 0 aliphatic carbocycles. The minimum Gasteiger partial charge on any atom is -0.411 e. The van der Waals surface area contributed by atoms with Crippen LogP contribution in [0.5, 0.6) is 0 Å². The van der Waals surface area contributed by atoms with Crippen LogP contribution in [-0.4, -0.2) is 45.1 Å². The topological polar surface area (TPSA) is 76.8 Å². The number of ether oxygens (including phenoxy) is 2. The van der Waals surface area contributed by atoms with E-state index in [0.29, 0.717) is 24.4 Å². The van der Waals surface area contributed by atoms with Gasteiger partial charge in [-0.25, -0.2) is 18.7 Å². The highest BCUT2D eigenvalue weighted by atomic mass is 32.2. The summed E-state index contributed by atoms with van der Waals surface area (Å²) in [6.07, 6.45) is -3.14. The van der Waals surface area contributed by atoms with Crippen molar-refractivity contribution in [1.29, 1.82) is 0 Å². The number of hydrogen-bond donors (Lipinski definition) is 1. The van der Waals surface area contributed by atoms with Crippen molar-refractivity contribution >= 4 is 17.5 Å². The zero-order valence-corrected chi connectivity index (χ0v) is 14.3. The number of aromatic nitrogens is 2. The van der Waals surface area contributed by atoms with Gasteiger partial charge in [0.05, 0.1) is 18.4 Å². The predicted octanol–water partition coefficient (Wildman–Crippen LogP) is 3.52. The summed E-state index contributed by atoms with van der Waals surface area (Å²) in [5.74, 6) is 0. The smallest absolute Gasteiger partial charge is 0.280 e. The lowest BCUT2D eigenvalue weighted by Crippen LogP contribution is -2.37. The predicted molar refractivity (Wildman–Crippen MR) is 90.5 cm³/mol. The minimum atomic E-state index is -2.70. The normalized spacial score (nSPS) is 26.6. The summed E-state index contributed by atoms with van der Waals surface area (Å²) in [6.45, 7) is 0.349. The van der Waals surface area contributed by atoms with Gasteiger partial charge in [-0.3, -0.25) is 0 Å². The third-order valence-electron chi connectivity index (χ3n) is 4.21. The lowest BCUT2D eigenvalue weighted by molar-refractivity contribution is -0.0169. The van der Waals surface area contributed by atoms with Crippen molar-refractivity contribution < 1.29 is 23.5 Å². The molecule has 26 heavy (non-hydrogen) atoms. The fraction of sp³-hybridized carbons (Fsp3) is 0.353. The SMILES string of the molecule is O/N=C1\CC(Sc2nc(-c3ccccc3)cc(C(F)F)n2)C2COC1O2. The van der Waals surface area contributed by atoms with Gasteiger partial charge in [-0.1, -0.05) is 47.2 Å². The summed E-state index contributed by atoms with van der Waals surface area (Å²) < 4.78 is 37.6. The van der Waals surface area contributed by atoms with Crippen molar-refractivity contribution in [3.05, 3.63) is 42.1 Å². The second-order valence-electron chi connectivity index (χ2n) is 5.92. The average molecular weight is 379 g/mol. The summed E-state index contributed by atoms with van der Waals surface area (Å²) in [5.41, 5.74) is 1.23. The number of oxime groups is 1. The van der Waals surface area contributed by atoms with E-state index in [9.17, 15) is 8.78 Å². The van der Waals surface area contributed by atoms with E-state index in [1.165, 1.54) is 17.8 Å². The lowest BCUT2D eigenvalue weighted by Gasteiger charge is -2.26. The lowest BCUT2D eigenvalue weighted by atomic mass is 10.1. The molecule has 2 aliphatic heterocycles. The molecule has 2 saturated heterocycles. The van der Waals surface area contributed by atoms with Crippen LogP contribution in [0.25, 0.3) is 11.3 Å². The molecule has 2 bridgehead atoms. The van der Waals surface area contributed by atoms with Crippen LogP contribution < -0.4 is 0 Å². The molecular weight excluding hydrogens is 364 g/mol. The van der Waals surface area contributed by atoms with E-state index in [0.717, 1.165) is 5.56 Å². The second-order valence-corrected chi connectivity index (χ2v) is 7.13. The first-order valence-corrected chi connectivity index (χ1v) is 8.89. The Balaban J connectivity index is 1.64. The average Bonchev–Trinajstić information content (AvgIpc) is 3.09. The van der Waals surface area contributed by atoms with Crippen molar-refractivity contribution in [2.75, 3.05) is 6.61 Å². The van der Waals surface area contributed by atoms with Crippen LogP contribution in [-0.2, 0) is 9.47 Å².